The summed E-state index contributed by atoms with van der Waals surface area (Å²) in [7, 11) is 2.06. The van der Waals surface area contributed by atoms with Gasteiger partial charge < -0.3 is 20.7 Å². The van der Waals surface area contributed by atoms with E-state index < -0.39 is 5.91 Å². The number of amides is 1. The third-order valence-electron chi connectivity index (χ3n) is 4.51. The highest BCUT2D eigenvalue weighted by Gasteiger charge is 2.07. The number of benzene rings is 2. The van der Waals surface area contributed by atoms with Crippen molar-refractivity contribution in [2.75, 3.05) is 26.7 Å². The number of hydrogen-bond acceptors (Lipinski definition) is 3. The molecule has 29 heavy (non-hydrogen) atoms. The van der Waals surface area contributed by atoms with Crippen LogP contribution in [0.2, 0.25) is 0 Å². The third kappa shape index (κ3) is 7.86. The van der Waals surface area contributed by atoms with Crippen molar-refractivity contribution >= 4 is 11.9 Å². The molecule has 1 amide bonds. The van der Waals surface area contributed by atoms with Gasteiger partial charge in [0.2, 0.25) is 0 Å². The van der Waals surface area contributed by atoms with E-state index in [9.17, 15) is 4.79 Å². The van der Waals surface area contributed by atoms with Gasteiger partial charge in [-0.1, -0.05) is 43.3 Å². The van der Waals surface area contributed by atoms with Gasteiger partial charge in [-0.2, -0.15) is 0 Å². The van der Waals surface area contributed by atoms with Crippen molar-refractivity contribution in [3.05, 3.63) is 65.2 Å². The molecule has 2 aromatic carbocycles. The van der Waals surface area contributed by atoms with Crippen molar-refractivity contribution in [1.82, 2.24) is 10.2 Å². The number of rotatable bonds is 10. The molecule has 6 heteroatoms. The molecule has 2 aromatic rings. The summed E-state index contributed by atoms with van der Waals surface area (Å²) in [5.41, 5.74) is 8.86. The molecule has 6 nitrogen and oxygen atoms in total. The Bertz CT molecular complexity index is 786. The number of ether oxygens (including phenoxy) is 1. The van der Waals surface area contributed by atoms with Crippen LogP contribution in [0.15, 0.2) is 53.5 Å². The minimum Gasteiger partial charge on any atom is -0.484 e. The van der Waals surface area contributed by atoms with E-state index in [0.29, 0.717) is 12.3 Å². The first kappa shape index (κ1) is 22.3. The van der Waals surface area contributed by atoms with E-state index in [1.165, 1.54) is 11.1 Å². The van der Waals surface area contributed by atoms with Crippen LogP contribution in [-0.2, 0) is 24.2 Å². The number of aliphatic imine (C=N–C) groups is 1. The van der Waals surface area contributed by atoms with Gasteiger partial charge in [0.1, 0.15) is 5.75 Å². The van der Waals surface area contributed by atoms with E-state index in [4.69, 9.17) is 15.5 Å². The van der Waals surface area contributed by atoms with Crippen LogP contribution in [0.5, 0.6) is 5.75 Å². The number of nitrogens with two attached hydrogens (primary N) is 1. The van der Waals surface area contributed by atoms with Crippen molar-refractivity contribution in [1.29, 1.82) is 0 Å². The molecule has 0 saturated carbocycles. The van der Waals surface area contributed by atoms with Gasteiger partial charge >= 0.3 is 0 Å². The molecular formula is C23H32N4O2. The summed E-state index contributed by atoms with van der Waals surface area (Å²) < 4.78 is 5.28. The predicted octanol–water partition coefficient (Wildman–Crippen LogP) is 2.75. The minimum absolute atomic E-state index is 0.108. The normalized spacial score (nSPS) is 11.2. The van der Waals surface area contributed by atoms with Crippen LogP contribution in [0.25, 0.3) is 0 Å². The number of guanidine groups is 1. The summed E-state index contributed by atoms with van der Waals surface area (Å²) in [5, 5.41) is 3.36. The Balaban J connectivity index is 1.90. The van der Waals surface area contributed by atoms with E-state index in [-0.39, 0.29) is 6.61 Å². The maximum atomic E-state index is 10.8. The minimum atomic E-state index is -0.482. The van der Waals surface area contributed by atoms with E-state index >= 15 is 0 Å². The highest BCUT2D eigenvalue weighted by Crippen LogP contribution is 2.13. The lowest BCUT2D eigenvalue weighted by molar-refractivity contribution is -0.119. The number of nitrogens with one attached hydrogen (secondary N) is 1. The molecule has 2 rings (SSSR count). The smallest absolute Gasteiger partial charge is 0.255 e. The summed E-state index contributed by atoms with van der Waals surface area (Å²) in [6.07, 6.45) is 1.88. The monoisotopic (exact) mass is 396 g/mol. The maximum absolute atomic E-state index is 10.8. The SMILES string of the molecule is CCNC(=NCCc1ccc(OCC(N)=O)cc1)N(C)Cc1ccc(CC)cc1. The first-order valence-electron chi connectivity index (χ1n) is 10.1. The van der Waals surface area contributed by atoms with Crippen LogP contribution in [-0.4, -0.2) is 43.5 Å². The number of nitrogens with zero attached hydrogens (tertiary/aromatic N) is 2. The fourth-order valence-corrected chi connectivity index (χ4v) is 2.90. The van der Waals surface area contributed by atoms with Crippen LogP contribution >= 0.6 is 0 Å². The second kappa shape index (κ2) is 11.7. The quantitative estimate of drug-likeness (QED) is 0.478. The van der Waals surface area contributed by atoms with Gasteiger partial charge in [0.15, 0.2) is 12.6 Å². The first-order valence-corrected chi connectivity index (χ1v) is 10.1. The second-order valence-corrected chi connectivity index (χ2v) is 6.91. The third-order valence-corrected chi connectivity index (χ3v) is 4.51. The largest absolute Gasteiger partial charge is 0.484 e. The van der Waals surface area contributed by atoms with Crippen molar-refractivity contribution in [2.45, 2.75) is 33.2 Å². The Kier molecular flexibility index (Phi) is 9.02. The molecule has 0 unspecified atom stereocenters. The number of primary amides is 1. The summed E-state index contributed by atoms with van der Waals surface area (Å²) >= 11 is 0. The van der Waals surface area contributed by atoms with Crippen LogP contribution in [0.1, 0.15) is 30.5 Å². The Morgan fingerprint density at radius 2 is 1.66 bits per heavy atom. The van der Waals surface area contributed by atoms with Crippen molar-refractivity contribution in [3.8, 4) is 5.75 Å². The highest BCUT2D eigenvalue weighted by molar-refractivity contribution is 5.79. The molecule has 0 heterocycles. The topological polar surface area (TPSA) is 80.0 Å². The zero-order valence-corrected chi connectivity index (χ0v) is 17.6. The van der Waals surface area contributed by atoms with Gasteiger partial charge in [-0.3, -0.25) is 9.79 Å². The number of aryl methyl sites for hydroxylation is 1. The summed E-state index contributed by atoms with van der Waals surface area (Å²) in [6, 6.07) is 16.4. The molecular weight excluding hydrogens is 364 g/mol. The summed E-state index contributed by atoms with van der Waals surface area (Å²) in [6.45, 7) is 6.45. The van der Waals surface area contributed by atoms with Crippen LogP contribution in [0, 0.1) is 0 Å². The van der Waals surface area contributed by atoms with Gasteiger partial charge in [-0.25, -0.2) is 0 Å². The highest BCUT2D eigenvalue weighted by atomic mass is 16.5. The molecule has 0 atom stereocenters. The van der Waals surface area contributed by atoms with Gasteiger partial charge in [-0.05, 0) is 48.6 Å². The lowest BCUT2D eigenvalue weighted by Crippen LogP contribution is -2.38. The fourth-order valence-electron chi connectivity index (χ4n) is 2.90. The van der Waals surface area contributed by atoms with Crippen molar-refractivity contribution in [3.63, 3.8) is 0 Å². The Labute approximate surface area is 173 Å². The zero-order valence-electron chi connectivity index (χ0n) is 17.6. The molecule has 0 fully saturated rings. The summed E-state index contributed by atoms with van der Waals surface area (Å²) in [4.78, 5) is 17.7. The van der Waals surface area contributed by atoms with Crippen molar-refractivity contribution < 1.29 is 9.53 Å². The second-order valence-electron chi connectivity index (χ2n) is 6.91. The molecule has 0 aliphatic heterocycles. The number of carbonyl (C=O) groups excluding carboxylic acids is 1. The molecule has 0 spiro atoms. The molecule has 0 aliphatic rings. The molecule has 3 N–H and O–H groups in total. The van der Waals surface area contributed by atoms with Crippen LogP contribution < -0.4 is 15.8 Å². The van der Waals surface area contributed by atoms with E-state index in [0.717, 1.165) is 37.5 Å². The van der Waals surface area contributed by atoms with E-state index in [1.807, 2.05) is 24.3 Å². The van der Waals surface area contributed by atoms with Gasteiger partial charge in [-0.15, -0.1) is 0 Å². The maximum Gasteiger partial charge on any atom is 0.255 e. The lowest BCUT2D eigenvalue weighted by atomic mass is 10.1. The standard InChI is InChI=1S/C23H32N4O2/c1-4-18-6-8-20(9-7-18)16-27(3)23(25-5-2)26-15-14-19-10-12-21(13-11-19)29-17-22(24)28/h6-13H,4-5,14-17H2,1-3H3,(H2,24,28)(H,25,26). The molecule has 0 radical (unpaired) electrons. The Morgan fingerprint density at radius 1 is 1.03 bits per heavy atom. The van der Waals surface area contributed by atoms with Gasteiger partial charge in [0.25, 0.3) is 5.91 Å². The fraction of sp³-hybridized carbons (Fsp3) is 0.391. The Morgan fingerprint density at radius 3 is 2.24 bits per heavy atom. The molecule has 0 saturated heterocycles. The van der Waals surface area contributed by atoms with Crippen LogP contribution in [0.4, 0.5) is 0 Å². The van der Waals surface area contributed by atoms with Gasteiger partial charge in [0, 0.05) is 26.7 Å². The van der Waals surface area contributed by atoms with E-state index in [2.05, 4.69) is 55.4 Å². The molecule has 0 aromatic heterocycles. The molecule has 0 aliphatic carbocycles. The summed E-state index contributed by atoms with van der Waals surface area (Å²) in [5.74, 6) is 1.05. The molecule has 0 bridgehead atoms. The average molecular weight is 397 g/mol. The lowest BCUT2D eigenvalue weighted by Gasteiger charge is -2.22. The van der Waals surface area contributed by atoms with E-state index in [1.54, 1.807) is 0 Å². The zero-order chi connectivity index (χ0) is 21.1. The average Bonchev–Trinajstić information content (AvgIpc) is 2.73. The Hall–Kier alpha value is -3.02. The van der Waals surface area contributed by atoms with Crippen molar-refractivity contribution in [2.24, 2.45) is 10.7 Å². The van der Waals surface area contributed by atoms with Crippen LogP contribution in [0.3, 0.4) is 0 Å². The number of hydrogen-bond donors (Lipinski definition) is 2. The molecule has 156 valence electrons. The first-order chi connectivity index (χ1) is 14.0. The number of carbonyl (C=O) groups is 1. The van der Waals surface area contributed by atoms with Gasteiger partial charge in [0.05, 0.1) is 0 Å². The predicted molar refractivity (Wildman–Crippen MR) is 118 cm³/mol.